The van der Waals surface area contributed by atoms with E-state index < -0.39 is 16.2 Å². The molecule has 0 atom stereocenters. The van der Waals surface area contributed by atoms with E-state index in [1.54, 1.807) is 0 Å². The molecule has 0 spiro atoms. The molecule has 0 rings (SSSR count). The topological polar surface area (TPSA) is 107 Å². The second-order valence-corrected chi connectivity index (χ2v) is 1.92. The average molecular weight is 136 g/mol. The first kappa shape index (κ1) is 7.15. The molecule has 0 aromatic carbocycles. The predicted molar refractivity (Wildman–Crippen MR) is 24.4 cm³/mol. The Morgan fingerprint density at radius 3 is 1.62 bits per heavy atom. The standard InChI is InChI=1S/CH4N4O2S/c2-4-1(5-3)8(6)7/h1-3,8H. The van der Waals surface area contributed by atoms with Crippen LogP contribution < -0.4 is 0 Å². The molecule has 6 nitrogen and oxygen atoms in total. The summed E-state index contributed by atoms with van der Waals surface area (Å²) >= 11 is 0. The summed E-state index contributed by atoms with van der Waals surface area (Å²) in [6.07, 6.45) is 0. The van der Waals surface area contributed by atoms with Gasteiger partial charge in [0.15, 0.2) is 10.7 Å². The van der Waals surface area contributed by atoms with E-state index >= 15 is 0 Å². The second-order valence-electron chi connectivity index (χ2n) is 0.890. The highest BCUT2D eigenvalue weighted by Gasteiger charge is 2.02. The Kier molecular flexibility index (Phi) is 2.85. The molecule has 0 aromatic heterocycles. The van der Waals surface area contributed by atoms with Gasteiger partial charge < -0.3 is 0 Å². The van der Waals surface area contributed by atoms with Crippen molar-refractivity contribution in [1.29, 1.82) is 11.1 Å². The quantitative estimate of drug-likeness (QED) is 0.373. The van der Waals surface area contributed by atoms with Crippen LogP contribution in [-0.2, 0) is 10.7 Å². The maximum Gasteiger partial charge on any atom is 0.276 e. The molecular formula is CH4N4O2S. The van der Waals surface area contributed by atoms with Crippen molar-refractivity contribution in [3.63, 3.8) is 0 Å². The van der Waals surface area contributed by atoms with Gasteiger partial charge in [0, 0.05) is 0 Å². The van der Waals surface area contributed by atoms with Crippen LogP contribution in [0.1, 0.15) is 0 Å². The molecule has 2 N–H and O–H groups in total. The van der Waals surface area contributed by atoms with Crippen LogP contribution in [0.15, 0.2) is 10.2 Å². The molecule has 0 radical (unpaired) electrons. The third kappa shape index (κ3) is 1.73. The lowest BCUT2D eigenvalue weighted by Gasteiger charge is -1.85. The Bertz CT molecular complexity index is 145. The summed E-state index contributed by atoms with van der Waals surface area (Å²) in [5, 5.41) is 5.01. The molecule has 0 bridgehead atoms. The second kappa shape index (κ2) is 3.19. The van der Waals surface area contributed by atoms with Gasteiger partial charge in [-0.15, -0.1) is 0 Å². The van der Waals surface area contributed by atoms with E-state index in [4.69, 9.17) is 11.1 Å². The molecule has 0 fully saturated rings. The summed E-state index contributed by atoms with van der Waals surface area (Å²) in [7, 11) is -2.87. The largest absolute Gasteiger partial charge is 0.276 e. The summed E-state index contributed by atoms with van der Waals surface area (Å²) in [5.41, 5.74) is 10.7. The molecule has 0 saturated carbocycles. The van der Waals surface area contributed by atoms with E-state index in [2.05, 4.69) is 10.2 Å². The van der Waals surface area contributed by atoms with E-state index in [1.165, 1.54) is 0 Å². The van der Waals surface area contributed by atoms with Gasteiger partial charge in [0.2, 0.25) is 0 Å². The minimum Gasteiger partial charge on any atom is -0.227 e. The zero-order chi connectivity index (χ0) is 6.57. The third-order valence-corrected chi connectivity index (χ3v) is 1.03. The van der Waals surface area contributed by atoms with Gasteiger partial charge in [-0.1, -0.05) is 0 Å². The van der Waals surface area contributed by atoms with Crippen LogP contribution in [0.25, 0.3) is 0 Å². The first-order valence-corrected chi connectivity index (χ1v) is 2.83. The van der Waals surface area contributed by atoms with Gasteiger partial charge in [-0.05, 0) is 0 Å². The van der Waals surface area contributed by atoms with E-state index in [1.807, 2.05) is 0 Å². The minimum absolute atomic E-state index is 1.51. The summed E-state index contributed by atoms with van der Waals surface area (Å²) in [4.78, 5) is 0. The average Bonchev–Trinajstić information content (AvgIpc) is 1.69. The van der Waals surface area contributed by atoms with Crippen LogP contribution in [-0.4, -0.2) is 13.9 Å². The van der Waals surface area contributed by atoms with Crippen molar-refractivity contribution < 1.29 is 8.42 Å². The highest BCUT2D eigenvalue weighted by Crippen LogP contribution is 1.89. The van der Waals surface area contributed by atoms with E-state index in [9.17, 15) is 8.42 Å². The van der Waals surface area contributed by atoms with Crippen molar-refractivity contribution in [2.45, 2.75) is 5.50 Å². The van der Waals surface area contributed by atoms with Crippen molar-refractivity contribution >= 4 is 10.7 Å². The Morgan fingerprint density at radius 1 is 1.25 bits per heavy atom. The number of hydrogen-bond acceptors (Lipinski definition) is 6. The summed E-state index contributed by atoms with van der Waals surface area (Å²) in [6, 6.07) is 0. The molecule has 0 aliphatic carbocycles. The molecule has 0 aromatic rings. The van der Waals surface area contributed by atoms with Crippen LogP contribution >= 0.6 is 0 Å². The van der Waals surface area contributed by atoms with Crippen LogP contribution in [0.4, 0.5) is 0 Å². The fourth-order valence-corrected chi connectivity index (χ4v) is 0.312. The molecule has 0 unspecified atom stereocenters. The molecule has 8 heavy (non-hydrogen) atoms. The normalized spacial score (nSPS) is 13.1. The van der Waals surface area contributed by atoms with Crippen molar-refractivity contribution in [2.24, 2.45) is 10.2 Å². The Balaban J connectivity index is 4.10. The maximum atomic E-state index is 9.77. The van der Waals surface area contributed by atoms with E-state index in [0.717, 1.165) is 0 Å². The van der Waals surface area contributed by atoms with Crippen molar-refractivity contribution in [1.82, 2.24) is 0 Å². The number of thiol groups is 1. The first-order valence-electron chi connectivity index (χ1n) is 1.59. The molecule has 0 heterocycles. The Morgan fingerprint density at radius 2 is 1.62 bits per heavy atom. The van der Waals surface area contributed by atoms with Gasteiger partial charge in [0.1, 0.15) is 0 Å². The lowest BCUT2D eigenvalue weighted by molar-refractivity contribution is 0.593. The van der Waals surface area contributed by atoms with Gasteiger partial charge in [-0.25, -0.2) is 19.5 Å². The number of rotatable bonds is 3. The monoisotopic (exact) mass is 136 g/mol. The number of hydrogen-bond donors (Lipinski definition) is 3. The van der Waals surface area contributed by atoms with Gasteiger partial charge in [0.05, 0.1) is 0 Å². The predicted octanol–water partition coefficient (Wildman–Crippen LogP) is -0.0567. The molecular weight excluding hydrogens is 132 g/mol. The first-order chi connectivity index (χ1) is 3.72. The van der Waals surface area contributed by atoms with Gasteiger partial charge in [-0.2, -0.15) is 10.2 Å². The highest BCUT2D eigenvalue weighted by atomic mass is 32.2. The lowest BCUT2D eigenvalue weighted by atomic mass is 11.2. The van der Waals surface area contributed by atoms with Crippen molar-refractivity contribution in [2.75, 3.05) is 0 Å². The molecule has 0 amide bonds. The molecule has 0 aliphatic heterocycles. The van der Waals surface area contributed by atoms with Gasteiger partial charge in [0.25, 0.3) is 5.50 Å². The van der Waals surface area contributed by atoms with Crippen LogP contribution in [0.5, 0.6) is 0 Å². The lowest BCUT2D eigenvalue weighted by Crippen LogP contribution is -1.98. The zero-order valence-electron chi connectivity index (χ0n) is 3.74. The highest BCUT2D eigenvalue weighted by molar-refractivity contribution is 7.73. The van der Waals surface area contributed by atoms with Crippen LogP contribution in [0.3, 0.4) is 0 Å². The van der Waals surface area contributed by atoms with E-state index in [-0.39, 0.29) is 0 Å². The Labute approximate surface area is 46.9 Å². The van der Waals surface area contributed by atoms with Crippen LogP contribution in [0, 0.1) is 11.1 Å². The molecule has 0 saturated heterocycles. The van der Waals surface area contributed by atoms with Crippen molar-refractivity contribution in [3.05, 3.63) is 0 Å². The molecule has 7 heteroatoms. The zero-order valence-corrected chi connectivity index (χ0v) is 4.63. The summed E-state index contributed by atoms with van der Waals surface area (Å²) in [5.74, 6) is 0. The van der Waals surface area contributed by atoms with Gasteiger partial charge >= 0.3 is 0 Å². The third-order valence-electron chi connectivity index (χ3n) is 0.420. The molecule has 46 valence electrons. The molecule has 0 aliphatic rings. The fraction of sp³-hybridized carbons (Fsp3) is 1.00. The Hall–Kier alpha value is -0.850. The summed E-state index contributed by atoms with van der Waals surface area (Å²) < 4.78 is 19.5. The summed E-state index contributed by atoms with van der Waals surface area (Å²) in [6.45, 7) is 0. The number of nitrogens with zero attached hydrogens (tertiary/aromatic N) is 2. The van der Waals surface area contributed by atoms with Crippen molar-refractivity contribution in [3.8, 4) is 0 Å². The minimum atomic E-state index is -2.87. The number of nitrogens with one attached hydrogen (secondary N) is 2. The van der Waals surface area contributed by atoms with Gasteiger partial charge in [-0.3, -0.25) is 0 Å². The van der Waals surface area contributed by atoms with Crippen LogP contribution in [0.2, 0.25) is 0 Å². The SMILES string of the molecule is N=NC(N=N)[SH](=O)=O. The van der Waals surface area contributed by atoms with E-state index in [0.29, 0.717) is 0 Å². The smallest absolute Gasteiger partial charge is 0.227 e. The maximum absolute atomic E-state index is 9.77. The fourth-order valence-electron chi connectivity index (χ4n) is 0.123.